The highest BCUT2D eigenvalue weighted by Crippen LogP contribution is 2.61. The summed E-state index contributed by atoms with van der Waals surface area (Å²) in [5.41, 5.74) is 3.00. The maximum atomic E-state index is 11.5. The predicted molar refractivity (Wildman–Crippen MR) is 93.8 cm³/mol. The van der Waals surface area contributed by atoms with Crippen molar-refractivity contribution in [3.63, 3.8) is 0 Å². The van der Waals surface area contributed by atoms with Crippen LogP contribution in [0.2, 0.25) is 0 Å². The number of benzene rings is 1. The number of hydrogen-bond acceptors (Lipinski definition) is 4. The molecule has 0 radical (unpaired) electrons. The van der Waals surface area contributed by atoms with Gasteiger partial charge in [0.15, 0.2) is 6.29 Å². The largest absolute Gasteiger partial charge is 0.426 e. The molecule has 134 valence electrons. The lowest BCUT2D eigenvalue weighted by Gasteiger charge is -2.50. The van der Waals surface area contributed by atoms with E-state index in [-0.39, 0.29) is 11.5 Å². The van der Waals surface area contributed by atoms with Gasteiger partial charge < -0.3 is 9.84 Å². The van der Waals surface area contributed by atoms with Gasteiger partial charge >= 0.3 is 5.97 Å². The summed E-state index contributed by atoms with van der Waals surface area (Å²) in [6, 6.07) is 3.85. The van der Waals surface area contributed by atoms with Gasteiger partial charge in [-0.1, -0.05) is 6.92 Å². The topological polar surface area (TPSA) is 63.6 Å². The van der Waals surface area contributed by atoms with Crippen molar-refractivity contribution in [2.45, 2.75) is 64.4 Å². The Morgan fingerprint density at radius 1 is 1.28 bits per heavy atom. The Labute approximate surface area is 148 Å². The zero-order chi connectivity index (χ0) is 17.8. The van der Waals surface area contributed by atoms with E-state index < -0.39 is 5.97 Å². The summed E-state index contributed by atoms with van der Waals surface area (Å²) in [5, 5.41) is 10.5. The van der Waals surface area contributed by atoms with Gasteiger partial charge in [-0.2, -0.15) is 0 Å². The Morgan fingerprint density at radius 2 is 2.08 bits per heavy atom. The summed E-state index contributed by atoms with van der Waals surface area (Å²) in [5.74, 6) is 1.60. The van der Waals surface area contributed by atoms with E-state index in [1.54, 1.807) is 0 Å². The molecule has 1 aromatic rings. The predicted octanol–water partition coefficient (Wildman–Crippen LogP) is 3.64. The van der Waals surface area contributed by atoms with Crippen molar-refractivity contribution >= 4 is 12.3 Å². The molecule has 0 amide bonds. The first-order valence-electron chi connectivity index (χ1n) is 9.42. The quantitative estimate of drug-likeness (QED) is 0.506. The van der Waals surface area contributed by atoms with Crippen molar-refractivity contribution in [2.75, 3.05) is 0 Å². The van der Waals surface area contributed by atoms with E-state index in [4.69, 9.17) is 4.74 Å². The highest BCUT2D eigenvalue weighted by molar-refractivity contribution is 5.82. The number of carbonyl (C=O) groups is 2. The summed E-state index contributed by atoms with van der Waals surface area (Å²) in [4.78, 5) is 22.8. The molecule has 4 unspecified atom stereocenters. The molecule has 3 aliphatic carbocycles. The van der Waals surface area contributed by atoms with Gasteiger partial charge in [-0.25, -0.2) is 0 Å². The van der Waals surface area contributed by atoms with E-state index >= 15 is 0 Å². The van der Waals surface area contributed by atoms with Crippen molar-refractivity contribution in [1.29, 1.82) is 0 Å². The number of aryl methyl sites for hydroxylation is 1. The van der Waals surface area contributed by atoms with Crippen LogP contribution in [0.1, 0.15) is 73.4 Å². The molecule has 5 atom stereocenters. The lowest BCUT2D eigenvalue weighted by Crippen LogP contribution is -2.43. The number of ether oxygens (including phenoxy) is 1. The molecule has 25 heavy (non-hydrogen) atoms. The first kappa shape index (κ1) is 16.8. The van der Waals surface area contributed by atoms with Gasteiger partial charge in [0.2, 0.25) is 0 Å². The van der Waals surface area contributed by atoms with Gasteiger partial charge in [0.1, 0.15) is 5.75 Å². The number of hydrogen-bond donors (Lipinski definition) is 1. The molecule has 4 heteroatoms. The molecular weight excluding hydrogens is 316 g/mol. The number of aliphatic hydroxyl groups is 1. The molecule has 1 aromatic carbocycles. The fraction of sp³-hybridized carbons (Fsp3) is 0.619. The number of aldehydes is 1. The Kier molecular flexibility index (Phi) is 3.99. The summed E-state index contributed by atoms with van der Waals surface area (Å²) in [7, 11) is 0. The third kappa shape index (κ3) is 2.53. The first-order chi connectivity index (χ1) is 11.9. The van der Waals surface area contributed by atoms with Gasteiger partial charge in [0.05, 0.1) is 11.7 Å². The fourth-order valence-corrected chi connectivity index (χ4v) is 5.92. The molecule has 2 saturated carbocycles. The minimum Gasteiger partial charge on any atom is -0.426 e. The van der Waals surface area contributed by atoms with Crippen molar-refractivity contribution in [3.05, 3.63) is 28.8 Å². The van der Waals surface area contributed by atoms with Crippen LogP contribution in [0.15, 0.2) is 12.1 Å². The lowest BCUT2D eigenvalue weighted by molar-refractivity contribution is -0.131. The average molecular weight is 342 g/mol. The minimum absolute atomic E-state index is 0.0594. The molecule has 3 aliphatic rings. The summed E-state index contributed by atoms with van der Waals surface area (Å²) in [6.45, 7) is 3.62. The molecule has 0 aromatic heterocycles. The van der Waals surface area contributed by atoms with Crippen LogP contribution in [0.5, 0.6) is 5.75 Å². The second-order valence-corrected chi connectivity index (χ2v) is 8.35. The molecule has 4 nitrogen and oxygen atoms in total. The monoisotopic (exact) mass is 342 g/mol. The van der Waals surface area contributed by atoms with Crippen LogP contribution < -0.4 is 4.74 Å². The van der Waals surface area contributed by atoms with Gasteiger partial charge in [0, 0.05) is 6.92 Å². The molecule has 0 bridgehead atoms. The third-order valence-corrected chi connectivity index (χ3v) is 7.19. The van der Waals surface area contributed by atoms with E-state index in [0.29, 0.717) is 29.1 Å². The Bertz CT molecular complexity index is 725. The zero-order valence-electron chi connectivity index (χ0n) is 15.0. The normalized spacial score (nSPS) is 36.1. The number of aliphatic hydroxyl groups excluding tert-OH is 1. The minimum atomic E-state index is -0.398. The summed E-state index contributed by atoms with van der Waals surface area (Å²) in [6.07, 6.45) is 6.82. The SMILES string of the molecule is CC(=O)Oc1cc2c(cc1C=O)C1CCC3(C)C(CC[C@@H]3O)C1CC2. The zero-order valence-corrected chi connectivity index (χ0v) is 15.0. The van der Waals surface area contributed by atoms with Crippen molar-refractivity contribution in [1.82, 2.24) is 0 Å². The van der Waals surface area contributed by atoms with Crippen LogP contribution in [0, 0.1) is 17.3 Å². The van der Waals surface area contributed by atoms with E-state index in [2.05, 4.69) is 6.92 Å². The molecule has 0 heterocycles. The van der Waals surface area contributed by atoms with Gasteiger partial charge in [-0.3, -0.25) is 9.59 Å². The van der Waals surface area contributed by atoms with E-state index in [1.807, 2.05) is 12.1 Å². The van der Waals surface area contributed by atoms with E-state index in [0.717, 1.165) is 44.8 Å². The fourth-order valence-electron chi connectivity index (χ4n) is 5.92. The molecule has 0 aliphatic heterocycles. The van der Waals surface area contributed by atoms with Crippen LogP contribution in [-0.4, -0.2) is 23.5 Å². The van der Waals surface area contributed by atoms with Crippen molar-refractivity contribution in [2.24, 2.45) is 17.3 Å². The average Bonchev–Trinajstić information content (AvgIpc) is 2.89. The van der Waals surface area contributed by atoms with Crippen LogP contribution in [0.3, 0.4) is 0 Å². The highest BCUT2D eigenvalue weighted by atomic mass is 16.5. The Balaban J connectivity index is 1.71. The molecule has 0 saturated heterocycles. The summed E-state index contributed by atoms with van der Waals surface area (Å²) >= 11 is 0. The molecule has 2 fully saturated rings. The second kappa shape index (κ2) is 5.94. The number of esters is 1. The van der Waals surface area contributed by atoms with Crippen LogP contribution in [0.4, 0.5) is 0 Å². The Morgan fingerprint density at radius 3 is 2.80 bits per heavy atom. The smallest absolute Gasteiger partial charge is 0.308 e. The molecule has 1 N–H and O–H groups in total. The van der Waals surface area contributed by atoms with E-state index in [9.17, 15) is 14.7 Å². The van der Waals surface area contributed by atoms with Gasteiger partial charge in [-0.05, 0) is 85.0 Å². The van der Waals surface area contributed by atoms with E-state index in [1.165, 1.54) is 18.1 Å². The maximum absolute atomic E-state index is 11.5. The number of fused-ring (bicyclic) bond motifs is 5. The van der Waals surface area contributed by atoms with Crippen LogP contribution in [0.25, 0.3) is 0 Å². The third-order valence-electron chi connectivity index (χ3n) is 7.19. The molecule has 0 spiro atoms. The van der Waals surface area contributed by atoms with Crippen LogP contribution in [-0.2, 0) is 11.2 Å². The van der Waals surface area contributed by atoms with Crippen LogP contribution >= 0.6 is 0 Å². The molecular formula is C21H26O4. The number of rotatable bonds is 2. The van der Waals surface area contributed by atoms with Crippen molar-refractivity contribution < 1.29 is 19.4 Å². The standard InChI is InChI=1S/C21H26O4/c1-12(23)25-19-10-13-3-4-16-15(17(13)9-14(19)11-22)7-8-21(2)18(16)5-6-20(21)24/h9-11,15-16,18,20,24H,3-8H2,1-2H3/t15?,16?,18?,20-,21?/m0/s1. The second-order valence-electron chi connectivity index (χ2n) is 8.35. The molecule has 4 rings (SSSR count). The van der Waals surface area contributed by atoms with Gasteiger partial charge in [-0.15, -0.1) is 0 Å². The Hall–Kier alpha value is -1.68. The lowest BCUT2D eigenvalue weighted by atomic mass is 9.55. The number of carbonyl (C=O) groups excluding carboxylic acids is 2. The van der Waals surface area contributed by atoms with Gasteiger partial charge in [0.25, 0.3) is 0 Å². The first-order valence-corrected chi connectivity index (χ1v) is 9.42. The van der Waals surface area contributed by atoms with Crippen molar-refractivity contribution in [3.8, 4) is 5.75 Å². The summed E-state index contributed by atoms with van der Waals surface area (Å²) < 4.78 is 5.23. The maximum Gasteiger partial charge on any atom is 0.308 e. The highest BCUT2D eigenvalue weighted by Gasteiger charge is 2.54.